The Morgan fingerprint density at radius 3 is 2.71 bits per heavy atom. The highest BCUT2D eigenvalue weighted by Gasteiger charge is 2.33. The molecule has 0 fully saturated rings. The number of benzene rings is 2. The second-order valence-corrected chi connectivity index (χ2v) is 11.2. The molecule has 10 heteroatoms. The zero-order valence-electron chi connectivity index (χ0n) is 20.7. The predicted octanol–water partition coefficient (Wildman–Crippen LogP) is 5.59. The number of hydrogen-bond donors (Lipinski definition) is 0. The lowest BCUT2D eigenvalue weighted by Crippen LogP contribution is -2.39. The van der Waals surface area contributed by atoms with Crippen molar-refractivity contribution >= 4 is 55.2 Å². The summed E-state index contributed by atoms with van der Waals surface area (Å²) in [4.78, 5) is 32.0. The molecule has 5 rings (SSSR count). The van der Waals surface area contributed by atoms with Gasteiger partial charge in [-0.3, -0.25) is 9.36 Å². The summed E-state index contributed by atoms with van der Waals surface area (Å²) in [7, 11) is 1.58. The zero-order valence-corrected chi connectivity index (χ0v) is 24.6. The summed E-state index contributed by atoms with van der Waals surface area (Å²) in [6, 6.07) is 16.2. The van der Waals surface area contributed by atoms with Crippen LogP contribution < -0.4 is 19.6 Å². The quantitative estimate of drug-likeness (QED) is 0.253. The number of hydrogen-bond acceptors (Lipinski definition) is 7. The van der Waals surface area contributed by atoms with Gasteiger partial charge in [-0.05, 0) is 71.7 Å². The Balaban J connectivity index is 1.65. The SMILES string of the molecule is CCOC(=O)C1=C(C)N=c2s/c(=C\c3ccc(-c4cccc(Br)c4)o3)c(=O)n2C1c1ccc(OC)c(Br)c1. The van der Waals surface area contributed by atoms with Crippen molar-refractivity contribution in [2.75, 3.05) is 13.7 Å². The van der Waals surface area contributed by atoms with Gasteiger partial charge in [0.1, 0.15) is 17.3 Å². The van der Waals surface area contributed by atoms with Crippen molar-refractivity contribution in [3.05, 3.63) is 106 Å². The second-order valence-electron chi connectivity index (χ2n) is 8.41. The number of carbonyl (C=O) groups is 1. The molecule has 0 saturated carbocycles. The maximum atomic E-state index is 13.8. The molecule has 0 radical (unpaired) electrons. The van der Waals surface area contributed by atoms with Gasteiger partial charge in [0, 0.05) is 16.1 Å². The van der Waals surface area contributed by atoms with Crippen molar-refractivity contribution in [2.45, 2.75) is 19.9 Å². The van der Waals surface area contributed by atoms with Crippen LogP contribution in [0.15, 0.2) is 89.0 Å². The second kappa shape index (κ2) is 10.9. The van der Waals surface area contributed by atoms with E-state index in [1.54, 1.807) is 37.7 Å². The summed E-state index contributed by atoms with van der Waals surface area (Å²) >= 11 is 8.25. The van der Waals surface area contributed by atoms with E-state index in [9.17, 15) is 9.59 Å². The van der Waals surface area contributed by atoms with E-state index >= 15 is 0 Å². The number of allylic oxidation sites excluding steroid dienone is 1. The number of nitrogens with zero attached hydrogens (tertiary/aromatic N) is 2. The molecule has 0 spiro atoms. The normalized spacial score (nSPS) is 15.3. The number of esters is 1. The third-order valence-electron chi connectivity index (χ3n) is 6.02. The Hall–Kier alpha value is -3.21. The van der Waals surface area contributed by atoms with Crippen molar-refractivity contribution in [3.8, 4) is 17.1 Å². The van der Waals surface area contributed by atoms with Crippen LogP contribution >= 0.6 is 43.2 Å². The van der Waals surface area contributed by atoms with Gasteiger partial charge in [-0.1, -0.05) is 45.5 Å². The lowest BCUT2D eigenvalue weighted by atomic mass is 9.96. The van der Waals surface area contributed by atoms with Crippen LogP contribution in [0.4, 0.5) is 0 Å². The van der Waals surface area contributed by atoms with Crippen LogP contribution in [0.1, 0.15) is 31.2 Å². The molecule has 0 N–H and O–H groups in total. The van der Waals surface area contributed by atoms with E-state index in [1.165, 1.54) is 11.3 Å². The molecule has 1 unspecified atom stereocenters. The van der Waals surface area contributed by atoms with Crippen LogP contribution in [0.25, 0.3) is 17.4 Å². The molecule has 1 aliphatic heterocycles. The topological polar surface area (TPSA) is 83.0 Å². The monoisotopic (exact) mass is 656 g/mol. The van der Waals surface area contributed by atoms with Gasteiger partial charge in [0.15, 0.2) is 4.80 Å². The van der Waals surface area contributed by atoms with Crippen LogP contribution in [0.3, 0.4) is 0 Å². The summed E-state index contributed by atoms with van der Waals surface area (Å²) in [6.45, 7) is 3.71. The molecule has 1 atom stereocenters. The number of furan rings is 1. The first-order chi connectivity index (χ1) is 18.3. The maximum absolute atomic E-state index is 13.8. The number of rotatable bonds is 6. The van der Waals surface area contributed by atoms with Crippen molar-refractivity contribution in [1.82, 2.24) is 4.57 Å². The predicted molar refractivity (Wildman–Crippen MR) is 153 cm³/mol. The molecule has 2 aromatic heterocycles. The Morgan fingerprint density at radius 1 is 1.18 bits per heavy atom. The van der Waals surface area contributed by atoms with Crippen LogP contribution in [-0.2, 0) is 9.53 Å². The highest BCUT2D eigenvalue weighted by molar-refractivity contribution is 9.10. The smallest absolute Gasteiger partial charge is 0.338 e. The van der Waals surface area contributed by atoms with E-state index in [0.29, 0.717) is 42.3 Å². The van der Waals surface area contributed by atoms with E-state index in [1.807, 2.05) is 48.5 Å². The van der Waals surface area contributed by atoms with Gasteiger partial charge >= 0.3 is 5.97 Å². The number of halogens is 2. The molecule has 4 aromatic rings. The minimum Gasteiger partial charge on any atom is -0.496 e. The third kappa shape index (κ3) is 4.95. The van der Waals surface area contributed by atoms with Crippen LogP contribution in [-0.4, -0.2) is 24.3 Å². The lowest BCUT2D eigenvalue weighted by molar-refractivity contribution is -0.139. The summed E-state index contributed by atoms with van der Waals surface area (Å²) in [5.41, 5.74) is 2.18. The number of ether oxygens (including phenoxy) is 2. The van der Waals surface area contributed by atoms with Gasteiger partial charge < -0.3 is 13.9 Å². The number of fused-ring (bicyclic) bond motifs is 1. The average Bonchev–Trinajstić information content (AvgIpc) is 3.48. The molecular formula is C28H22Br2N2O5S. The lowest BCUT2D eigenvalue weighted by Gasteiger charge is -2.25. The fourth-order valence-electron chi connectivity index (χ4n) is 4.32. The summed E-state index contributed by atoms with van der Waals surface area (Å²) in [6.07, 6.45) is 1.70. The summed E-state index contributed by atoms with van der Waals surface area (Å²) < 4.78 is 20.4. The molecule has 2 aromatic carbocycles. The first-order valence-corrected chi connectivity index (χ1v) is 14.1. The van der Waals surface area contributed by atoms with Gasteiger partial charge in [0.2, 0.25) is 0 Å². The van der Waals surface area contributed by atoms with Gasteiger partial charge in [-0.15, -0.1) is 0 Å². The highest BCUT2D eigenvalue weighted by Crippen LogP contribution is 2.35. The number of thiazole rings is 1. The Kier molecular flexibility index (Phi) is 7.56. The summed E-state index contributed by atoms with van der Waals surface area (Å²) in [5.74, 6) is 1.35. The van der Waals surface area contributed by atoms with Crippen molar-refractivity contribution in [1.29, 1.82) is 0 Å². The molecular weight excluding hydrogens is 636 g/mol. The molecule has 0 amide bonds. The summed E-state index contributed by atoms with van der Waals surface area (Å²) in [5, 5.41) is 0. The van der Waals surface area contributed by atoms with Crippen molar-refractivity contribution in [2.24, 2.45) is 4.99 Å². The molecule has 0 bridgehead atoms. The van der Waals surface area contributed by atoms with E-state index < -0.39 is 12.0 Å². The van der Waals surface area contributed by atoms with Gasteiger partial charge in [-0.25, -0.2) is 9.79 Å². The van der Waals surface area contributed by atoms with Crippen molar-refractivity contribution in [3.63, 3.8) is 0 Å². The van der Waals surface area contributed by atoms with Crippen molar-refractivity contribution < 1.29 is 18.7 Å². The fourth-order valence-corrected chi connectivity index (χ4v) is 6.30. The molecule has 3 heterocycles. The molecule has 1 aliphatic rings. The fraction of sp³-hybridized carbons (Fsp3) is 0.179. The Bertz CT molecular complexity index is 1770. The third-order valence-corrected chi connectivity index (χ3v) is 8.11. The average molecular weight is 658 g/mol. The Morgan fingerprint density at radius 2 is 2.00 bits per heavy atom. The van der Waals surface area contributed by atoms with Crippen LogP contribution in [0, 0.1) is 0 Å². The van der Waals surface area contributed by atoms with E-state index in [2.05, 4.69) is 36.9 Å². The molecule has 0 aliphatic carbocycles. The molecule has 0 saturated heterocycles. The first kappa shape index (κ1) is 26.4. The van der Waals surface area contributed by atoms with E-state index in [0.717, 1.165) is 15.6 Å². The first-order valence-electron chi connectivity index (χ1n) is 11.7. The standard InChI is InChI=1S/C28H22Br2N2O5S/c1-4-36-27(34)24-15(2)31-28-32(25(24)17-8-10-22(35-3)20(30)13-17)26(33)23(38-28)14-19-9-11-21(37-19)16-6-5-7-18(29)12-16/h5-14,25H,4H2,1-3H3/b23-14-. The van der Waals surface area contributed by atoms with Crippen LogP contribution in [0.2, 0.25) is 0 Å². The van der Waals surface area contributed by atoms with E-state index in [4.69, 9.17) is 13.9 Å². The number of methoxy groups -OCH3 is 1. The Labute approximate surface area is 239 Å². The maximum Gasteiger partial charge on any atom is 0.338 e. The largest absolute Gasteiger partial charge is 0.496 e. The number of carbonyl (C=O) groups excluding carboxylic acids is 1. The minimum atomic E-state index is -0.719. The highest BCUT2D eigenvalue weighted by atomic mass is 79.9. The molecule has 194 valence electrons. The zero-order chi connectivity index (χ0) is 27.0. The molecule has 38 heavy (non-hydrogen) atoms. The van der Waals surface area contributed by atoms with E-state index in [-0.39, 0.29) is 12.2 Å². The van der Waals surface area contributed by atoms with Gasteiger partial charge in [0.05, 0.1) is 40.0 Å². The van der Waals surface area contributed by atoms with Crippen LogP contribution in [0.5, 0.6) is 5.75 Å². The number of aromatic nitrogens is 1. The van der Waals surface area contributed by atoms with Gasteiger partial charge in [-0.2, -0.15) is 0 Å². The molecule has 7 nitrogen and oxygen atoms in total. The minimum absolute atomic E-state index is 0.206. The van der Waals surface area contributed by atoms with Gasteiger partial charge in [0.25, 0.3) is 5.56 Å².